The van der Waals surface area contributed by atoms with Gasteiger partial charge in [-0.05, 0) is 62.9 Å². The standard InChI is InChI=1S/C14H24N2O/c17-14(16-13-3-5-15-6-4-13)9-12-8-10-1-2-11(12)7-10/h10-13,15H,1-9H2,(H,16,17). The van der Waals surface area contributed by atoms with Gasteiger partial charge in [-0.2, -0.15) is 0 Å². The van der Waals surface area contributed by atoms with Crippen LogP contribution in [0.3, 0.4) is 0 Å². The lowest BCUT2D eigenvalue weighted by Crippen LogP contribution is -2.43. The fourth-order valence-electron chi connectivity index (χ4n) is 4.12. The highest BCUT2D eigenvalue weighted by atomic mass is 16.1. The molecule has 2 bridgehead atoms. The maximum absolute atomic E-state index is 12.0. The number of fused-ring (bicyclic) bond motifs is 2. The first kappa shape index (κ1) is 11.5. The van der Waals surface area contributed by atoms with Crippen molar-refractivity contribution >= 4 is 5.91 Å². The number of carbonyl (C=O) groups excluding carboxylic acids is 1. The molecule has 0 spiro atoms. The summed E-state index contributed by atoms with van der Waals surface area (Å²) >= 11 is 0. The van der Waals surface area contributed by atoms with Gasteiger partial charge in [0, 0.05) is 12.5 Å². The topological polar surface area (TPSA) is 41.1 Å². The van der Waals surface area contributed by atoms with Crippen LogP contribution in [-0.4, -0.2) is 25.0 Å². The van der Waals surface area contributed by atoms with Gasteiger partial charge in [0.05, 0.1) is 0 Å². The molecule has 1 saturated heterocycles. The Morgan fingerprint density at radius 3 is 2.59 bits per heavy atom. The Morgan fingerprint density at radius 1 is 1.12 bits per heavy atom. The van der Waals surface area contributed by atoms with E-state index in [1.165, 1.54) is 25.7 Å². The van der Waals surface area contributed by atoms with Gasteiger partial charge in [-0.25, -0.2) is 0 Å². The van der Waals surface area contributed by atoms with E-state index in [1.807, 2.05) is 0 Å². The molecule has 3 heteroatoms. The molecule has 1 aliphatic heterocycles. The van der Waals surface area contributed by atoms with Crippen molar-refractivity contribution in [2.24, 2.45) is 17.8 Å². The predicted octanol–water partition coefficient (Wildman–Crippen LogP) is 1.68. The molecule has 0 aromatic heterocycles. The minimum absolute atomic E-state index is 0.314. The first-order valence-corrected chi connectivity index (χ1v) is 7.31. The molecule has 3 aliphatic rings. The summed E-state index contributed by atoms with van der Waals surface area (Å²) in [5.74, 6) is 2.85. The second-order valence-corrected chi connectivity index (χ2v) is 6.23. The largest absolute Gasteiger partial charge is 0.353 e. The van der Waals surface area contributed by atoms with Crippen LogP contribution in [0.4, 0.5) is 0 Å². The monoisotopic (exact) mass is 236 g/mol. The van der Waals surface area contributed by atoms with Crippen LogP contribution in [0.25, 0.3) is 0 Å². The molecule has 0 aromatic carbocycles. The Hall–Kier alpha value is -0.570. The molecule has 2 saturated carbocycles. The maximum Gasteiger partial charge on any atom is 0.220 e. The molecule has 3 rings (SSSR count). The van der Waals surface area contributed by atoms with E-state index < -0.39 is 0 Å². The smallest absolute Gasteiger partial charge is 0.220 e. The highest BCUT2D eigenvalue weighted by Crippen LogP contribution is 2.49. The van der Waals surface area contributed by atoms with Crippen molar-refractivity contribution in [3.05, 3.63) is 0 Å². The number of hydrogen-bond acceptors (Lipinski definition) is 2. The molecule has 1 heterocycles. The number of rotatable bonds is 3. The molecule has 1 amide bonds. The van der Waals surface area contributed by atoms with Crippen LogP contribution in [-0.2, 0) is 4.79 Å². The number of carbonyl (C=O) groups is 1. The van der Waals surface area contributed by atoms with Gasteiger partial charge in [0.15, 0.2) is 0 Å². The van der Waals surface area contributed by atoms with Crippen molar-refractivity contribution in [2.75, 3.05) is 13.1 Å². The van der Waals surface area contributed by atoms with E-state index in [9.17, 15) is 4.79 Å². The molecular formula is C14H24N2O. The SMILES string of the molecule is O=C(CC1CC2CCC1C2)NC1CCNCC1. The van der Waals surface area contributed by atoms with Crippen LogP contribution in [0.2, 0.25) is 0 Å². The maximum atomic E-state index is 12.0. The van der Waals surface area contributed by atoms with Crippen molar-refractivity contribution < 1.29 is 4.79 Å². The van der Waals surface area contributed by atoms with Gasteiger partial charge in [-0.1, -0.05) is 6.42 Å². The van der Waals surface area contributed by atoms with Gasteiger partial charge >= 0.3 is 0 Å². The molecule has 2 aliphatic carbocycles. The Morgan fingerprint density at radius 2 is 1.94 bits per heavy atom. The molecule has 96 valence electrons. The zero-order chi connectivity index (χ0) is 11.7. The Bertz CT molecular complexity index is 286. The highest BCUT2D eigenvalue weighted by molar-refractivity contribution is 5.76. The van der Waals surface area contributed by atoms with Crippen LogP contribution in [0.15, 0.2) is 0 Å². The van der Waals surface area contributed by atoms with E-state index in [4.69, 9.17) is 0 Å². The first-order valence-electron chi connectivity index (χ1n) is 7.31. The van der Waals surface area contributed by atoms with Gasteiger partial charge in [0.1, 0.15) is 0 Å². The Balaban J connectivity index is 1.44. The first-order chi connectivity index (χ1) is 8.31. The average Bonchev–Trinajstić information content (AvgIpc) is 2.92. The number of hydrogen-bond donors (Lipinski definition) is 2. The zero-order valence-electron chi connectivity index (χ0n) is 10.6. The molecule has 3 fully saturated rings. The van der Waals surface area contributed by atoms with E-state index in [1.54, 1.807) is 0 Å². The Labute approximate surface area is 104 Å². The van der Waals surface area contributed by atoms with Crippen molar-refractivity contribution in [3.8, 4) is 0 Å². The second kappa shape index (κ2) is 4.97. The third-order valence-corrected chi connectivity index (χ3v) is 5.04. The third kappa shape index (κ3) is 2.65. The quantitative estimate of drug-likeness (QED) is 0.783. The van der Waals surface area contributed by atoms with Crippen molar-refractivity contribution in [1.29, 1.82) is 0 Å². The van der Waals surface area contributed by atoms with Gasteiger partial charge in [-0.15, -0.1) is 0 Å². The summed E-state index contributed by atoms with van der Waals surface area (Å²) in [4.78, 5) is 12.0. The zero-order valence-corrected chi connectivity index (χ0v) is 10.6. The summed E-state index contributed by atoms with van der Waals surface area (Å²) in [5.41, 5.74) is 0. The normalized spacial score (nSPS) is 37.3. The predicted molar refractivity (Wildman–Crippen MR) is 67.6 cm³/mol. The van der Waals surface area contributed by atoms with Gasteiger partial charge in [0.25, 0.3) is 0 Å². The summed E-state index contributed by atoms with van der Waals surface area (Å²) in [6.07, 6.45) is 8.54. The fraction of sp³-hybridized carbons (Fsp3) is 0.929. The van der Waals surface area contributed by atoms with Crippen LogP contribution in [0.1, 0.15) is 44.9 Å². The van der Waals surface area contributed by atoms with Crippen molar-refractivity contribution in [1.82, 2.24) is 10.6 Å². The molecule has 0 aromatic rings. The lowest BCUT2D eigenvalue weighted by molar-refractivity contribution is -0.123. The van der Waals surface area contributed by atoms with Crippen LogP contribution >= 0.6 is 0 Å². The van der Waals surface area contributed by atoms with E-state index in [0.717, 1.165) is 44.2 Å². The minimum atomic E-state index is 0.314. The average molecular weight is 236 g/mol. The lowest BCUT2D eigenvalue weighted by atomic mass is 9.86. The minimum Gasteiger partial charge on any atom is -0.353 e. The highest BCUT2D eigenvalue weighted by Gasteiger charge is 2.40. The molecule has 3 unspecified atom stereocenters. The van der Waals surface area contributed by atoms with Crippen LogP contribution < -0.4 is 10.6 Å². The van der Waals surface area contributed by atoms with E-state index in [0.29, 0.717) is 17.9 Å². The van der Waals surface area contributed by atoms with Gasteiger partial charge < -0.3 is 10.6 Å². The van der Waals surface area contributed by atoms with Gasteiger partial charge in [0.2, 0.25) is 5.91 Å². The van der Waals surface area contributed by atoms with Crippen molar-refractivity contribution in [3.63, 3.8) is 0 Å². The molecule has 17 heavy (non-hydrogen) atoms. The summed E-state index contributed by atoms with van der Waals surface area (Å²) in [6.45, 7) is 2.11. The van der Waals surface area contributed by atoms with E-state index in [2.05, 4.69) is 10.6 Å². The molecular weight excluding hydrogens is 212 g/mol. The summed E-state index contributed by atoms with van der Waals surface area (Å²) in [7, 11) is 0. The number of piperidine rings is 1. The summed E-state index contributed by atoms with van der Waals surface area (Å²) in [6, 6.07) is 0.433. The summed E-state index contributed by atoms with van der Waals surface area (Å²) < 4.78 is 0. The molecule has 3 atom stereocenters. The van der Waals surface area contributed by atoms with Crippen molar-refractivity contribution in [2.45, 2.75) is 51.0 Å². The van der Waals surface area contributed by atoms with Gasteiger partial charge in [-0.3, -0.25) is 4.79 Å². The lowest BCUT2D eigenvalue weighted by Gasteiger charge is -2.26. The Kier molecular flexibility index (Phi) is 3.37. The summed E-state index contributed by atoms with van der Waals surface area (Å²) in [5, 5.41) is 6.56. The van der Waals surface area contributed by atoms with Crippen LogP contribution in [0, 0.1) is 17.8 Å². The van der Waals surface area contributed by atoms with Crippen LogP contribution in [0.5, 0.6) is 0 Å². The van der Waals surface area contributed by atoms with E-state index >= 15 is 0 Å². The molecule has 0 radical (unpaired) electrons. The fourth-order valence-corrected chi connectivity index (χ4v) is 4.12. The number of amides is 1. The third-order valence-electron chi connectivity index (χ3n) is 5.04. The number of nitrogens with one attached hydrogen (secondary N) is 2. The second-order valence-electron chi connectivity index (χ2n) is 6.23. The van der Waals surface area contributed by atoms with E-state index in [-0.39, 0.29) is 0 Å². The molecule has 3 nitrogen and oxygen atoms in total. The molecule has 2 N–H and O–H groups in total.